The molecule has 3 nitrogen and oxygen atoms in total. The summed E-state index contributed by atoms with van der Waals surface area (Å²) in [6.07, 6.45) is 8.34. The third kappa shape index (κ3) is 1.92. The Kier molecular flexibility index (Phi) is 3.47. The highest BCUT2D eigenvalue weighted by atomic mass is 16.5. The summed E-state index contributed by atoms with van der Waals surface area (Å²) in [4.78, 5) is 0. The number of hydrogen-bond acceptors (Lipinski definition) is 2. The maximum atomic E-state index is 6.23. The van der Waals surface area contributed by atoms with Gasteiger partial charge in [0.1, 0.15) is 5.75 Å². The van der Waals surface area contributed by atoms with Crippen LogP contribution >= 0.6 is 0 Å². The van der Waals surface area contributed by atoms with Crippen LogP contribution < -0.4 is 10.5 Å². The summed E-state index contributed by atoms with van der Waals surface area (Å²) in [5, 5.41) is 1.30. The first-order chi connectivity index (χ1) is 9.72. The van der Waals surface area contributed by atoms with Crippen LogP contribution in [0.2, 0.25) is 0 Å². The van der Waals surface area contributed by atoms with Gasteiger partial charge in [-0.2, -0.15) is 0 Å². The molecule has 20 heavy (non-hydrogen) atoms. The zero-order valence-electron chi connectivity index (χ0n) is 12.5. The van der Waals surface area contributed by atoms with E-state index in [1.54, 1.807) is 7.11 Å². The first-order valence-electron chi connectivity index (χ1n) is 7.54. The van der Waals surface area contributed by atoms with Gasteiger partial charge in [0, 0.05) is 41.7 Å². The van der Waals surface area contributed by atoms with Gasteiger partial charge in [0.25, 0.3) is 0 Å². The van der Waals surface area contributed by atoms with Gasteiger partial charge in [-0.25, -0.2) is 0 Å². The third-order valence-corrected chi connectivity index (χ3v) is 4.98. The first-order valence-corrected chi connectivity index (χ1v) is 7.54. The lowest BCUT2D eigenvalue weighted by atomic mass is 9.68. The van der Waals surface area contributed by atoms with E-state index in [2.05, 4.69) is 36.0 Å². The van der Waals surface area contributed by atoms with Gasteiger partial charge in [0.15, 0.2) is 0 Å². The van der Waals surface area contributed by atoms with Crippen molar-refractivity contribution in [3.05, 3.63) is 30.0 Å². The minimum absolute atomic E-state index is 0.0878. The lowest BCUT2D eigenvalue weighted by Crippen LogP contribution is -2.37. The van der Waals surface area contributed by atoms with Crippen LogP contribution in [-0.4, -0.2) is 18.2 Å². The molecule has 1 aliphatic carbocycles. The summed E-state index contributed by atoms with van der Waals surface area (Å²) in [6.45, 7) is 0.706. The highest BCUT2D eigenvalue weighted by Crippen LogP contribution is 2.45. The maximum absolute atomic E-state index is 6.23. The van der Waals surface area contributed by atoms with Crippen molar-refractivity contribution in [3.8, 4) is 5.75 Å². The molecule has 108 valence electrons. The monoisotopic (exact) mass is 272 g/mol. The minimum Gasteiger partial charge on any atom is -0.496 e. The number of methoxy groups -OCH3 is 1. The van der Waals surface area contributed by atoms with E-state index >= 15 is 0 Å². The largest absolute Gasteiger partial charge is 0.496 e. The van der Waals surface area contributed by atoms with Crippen LogP contribution in [0.25, 0.3) is 10.9 Å². The molecule has 2 N–H and O–H groups in total. The Labute approximate surface area is 120 Å². The van der Waals surface area contributed by atoms with Crippen LogP contribution in [0.1, 0.15) is 37.7 Å². The molecule has 0 atom stereocenters. The Hall–Kier alpha value is -1.48. The predicted molar refractivity (Wildman–Crippen MR) is 83.3 cm³/mol. The number of nitrogens with zero attached hydrogens (tertiary/aromatic N) is 1. The average molecular weight is 272 g/mol. The van der Waals surface area contributed by atoms with E-state index in [1.165, 1.54) is 48.6 Å². The van der Waals surface area contributed by atoms with E-state index in [0.29, 0.717) is 6.54 Å². The summed E-state index contributed by atoms with van der Waals surface area (Å²) in [6, 6.07) is 6.45. The van der Waals surface area contributed by atoms with Crippen LogP contribution in [0.5, 0.6) is 5.75 Å². The number of aromatic nitrogens is 1. The van der Waals surface area contributed by atoms with Gasteiger partial charge in [0.05, 0.1) is 7.11 Å². The number of rotatable bonds is 3. The molecule has 0 unspecified atom stereocenters. The number of nitrogens with two attached hydrogens (primary N) is 1. The minimum atomic E-state index is 0.0878. The van der Waals surface area contributed by atoms with E-state index in [0.717, 1.165) is 5.75 Å². The molecular weight excluding hydrogens is 248 g/mol. The van der Waals surface area contributed by atoms with E-state index in [4.69, 9.17) is 10.5 Å². The number of aryl methyl sites for hydroxylation is 1. The summed E-state index contributed by atoms with van der Waals surface area (Å²) in [5.74, 6) is 0.996. The van der Waals surface area contributed by atoms with E-state index in [-0.39, 0.29) is 5.41 Å². The highest BCUT2D eigenvalue weighted by molar-refractivity contribution is 5.87. The van der Waals surface area contributed by atoms with Crippen molar-refractivity contribution in [3.63, 3.8) is 0 Å². The smallest absolute Gasteiger partial charge is 0.123 e. The second-order valence-electron chi connectivity index (χ2n) is 6.05. The van der Waals surface area contributed by atoms with Crippen molar-refractivity contribution in [1.82, 2.24) is 4.57 Å². The molecule has 0 radical (unpaired) electrons. The summed E-state index contributed by atoms with van der Waals surface area (Å²) < 4.78 is 7.85. The number of hydrogen-bond donors (Lipinski definition) is 1. The molecule has 1 saturated carbocycles. The molecule has 1 fully saturated rings. The molecule has 1 aromatic heterocycles. The number of benzene rings is 1. The molecule has 2 aromatic rings. The maximum Gasteiger partial charge on any atom is 0.123 e. The fraction of sp³-hybridized carbons (Fsp3) is 0.529. The molecule has 1 aliphatic rings. The van der Waals surface area contributed by atoms with Crippen molar-refractivity contribution in [2.24, 2.45) is 12.8 Å². The summed E-state index contributed by atoms with van der Waals surface area (Å²) in [7, 11) is 3.86. The summed E-state index contributed by atoms with van der Waals surface area (Å²) in [5.41, 5.74) is 8.91. The molecule has 1 heterocycles. The summed E-state index contributed by atoms with van der Waals surface area (Å²) >= 11 is 0. The van der Waals surface area contributed by atoms with Gasteiger partial charge >= 0.3 is 0 Å². The lowest BCUT2D eigenvalue weighted by Gasteiger charge is -2.38. The molecule has 0 aliphatic heterocycles. The average Bonchev–Trinajstić information content (AvgIpc) is 2.88. The first kappa shape index (κ1) is 13.5. The molecule has 0 spiro atoms. The van der Waals surface area contributed by atoms with E-state index < -0.39 is 0 Å². The molecular formula is C17H24N2O. The quantitative estimate of drug-likeness (QED) is 0.931. The Balaban J connectivity index is 2.26. The van der Waals surface area contributed by atoms with Crippen LogP contribution in [0.3, 0.4) is 0 Å². The van der Waals surface area contributed by atoms with Gasteiger partial charge < -0.3 is 15.0 Å². The van der Waals surface area contributed by atoms with Crippen molar-refractivity contribution in [2.45, 2.75) is 37.5 Å². The van der Waals surface area contributed by atoms with Crippen molar-refractivity contribution >= 4 is 10.9 Å². The number of fused-ring (bicyclic) bond motifs is 1. The topological polar surface area (TPSA) is 40.2 Å². The van der Waals surface area contributed by atoms with Crippen LogP contribution in [0, 0.1) is 0 Å². The van der Waals surface area contributed by atoms with Crippen molar-refractivity contribution in [1.29, 1.82) is 0 Å². The molecule has 0 saturated heterocycles. The van der Waals surface area contributed by atoms with E-state index in [9.17, 15) is 0 Å². The van der Waals surface area contributed by atoms with Gasteiger partial charge in [-0.1, -0.05) is 19.3 Å². The van der Waals surface area contributed by atoms with Crippen LogP contribution in [0.15, 0.2) is 24.4 Å². The zero-order chi connectivity index (χ0) is 14.2. The normalized spacial score (nSPS) is 18.4. The van der Waals surface area contributed by atoms with Crippen LogP contribution in [-0.2, 0) is 12.5 Å². The zero-order valence-corrected chi connectivity index (χ0v) is 12.5. The molecule has 3 heteroatoms. The van der Waals surface area contributed by atoms with Gasteiger partial charge in [-0.05, 0) is 31.0 Å². The molecule has 0 amide bonds. The SMILES string of the molecule is COc1ccc2c(ccn2C)c1C1(CN)CCCCC1. The van der Waals surface area contributed by atoms with Crippen molar-refractivity contribution in [2.75, 3.05) is 13.7 Å². The molecule has 3 rings (SSSR count). The van der Waals surface area contributed by atoms with Gasteiger partial charge in [0.2, 0.25) is 0 Å². The van der Waals surface area contributed by atoms with Crippen LogP contribution in [0.4, 0.5) is 0 Å². The van der Waals surface area contributed by atoms with E-state index in [1.807, 2.05) is 0 Å². The standard InChI is InChI=1S/C17H24N2O/c1-19-11-8-13-14(19)6-7-15(20-2)16(13)17(12-18)9-4-3-5-10-17/h6-8,11H,3-5,9-10,12,18H2,1-2H3. The second kappa shape index (κ2) is 5.13. The fourth-order valence-corrected chi connectivity index (χ4v) is 3.83. The Morgan fingerprint density at radius 3 is 2.60 bits per heavy atom. The van der Waals surface area contributed by atoms with Crippen molar-refractivity contribution < 1.29 is 4.74 Å². The van der Waals surface area contributed by atoms with Gasteiger partial charge in [-0.15, -0.1) is 0 Å². The number of ether oxygens (including phenoxy) is 1. The molecule has 0 bridgehead atoms. The van der Waals surface area contributed by atoms with Gasteiger partial charge in [-0.3, -0.25) is 0 Å². The molecule has 1 aromatic carbocycles. The Bertz CT molecular complexity index is 609. The third-order valence-electron chi connectivity index (χ3n) is 4.98. The lowest BCUT2D eigenvalue weighted by molar-refractivity contribution is 0.290. The fourth-order valence-electron chi connectivity index (χ4n) is 3.83. The Morgan fingerprint density at radius 2 is 1.95 bits per heavy atom. The second-order valence-corrected chi connectivity index (χ2v) is 6.05. The predicted octanol–water partition coefficient (Wildman–Crippen LogP) is 3.35. The highest BCUT2D eigenvalue weighted by Gasteiger charge is 2.36. The Morgan fingerprint density at radius 1 is 1.20 bits per heavy atom.